The number of pyridine rings is 1. The van der Waals surface area contributed by atoms with Gasteiger partial charge < -0.3 is 15.0 Å². The van der Waals surface area contributed by atoms with Gasteiger partial charge in [0.05, 0.1) is 43.1 Å². The van der Waals surface area contributed by atoms with Crippen LogP contribution in [-0.2, 0) is 23.9 Å². The molecule has 2 aromatic rings. The van der Waals surface area contributed by atoms with Crippen LogP contribution in [0, 0.1) is 5.41 Å². The molecule has 1 aliphatic rings. The minimum absolute atomic E-state index is 0.147. The van der Waals surface area contributed by atoms with Gasteiger partial charge in [0, 0.05) is 19.0 Å². The van der Waals surface area contributed by atoms with Gasteiger partial charge in [-0.15, -0.1) is 0 Å². The molecular formula is C21H26F3N5O2. The van der Waals surface area contributed by atoms with Crippen molar-refractivity contribution in [2.75, 3.05) is 23.9 Å². The molecule has 3 rings (SSSR count). The fraction of sp³-hybridized carbons (Fsp3) is 0.524. The van der Waals surface area contributed by atoms with E-state index in [0.717, 1.165) is 36.6 Å². The van der Waals surface area contributed by atoms with E-state index in [0.29, 0.717) is 36.8 Å². The number of fused-ring (bicyclic) bond motifs is 1. The molecule has 1 amide bonds. The molecule has 0 fully saturated rings. The Kier molecular flexibility index (Phi) is 6.38. The van der Waals surface area contributed by atoms with Crippen molar-refractivity contribution in [3.05, 3.63) is 35.5 Å². The van der Waals surface area contributed by atoms with Crippen molar-refractivity contribution in [3.63, 3.8) is 0 Å². The van der Waals surface area contributed by atoms with E-state index in [9.17, 15) is 18.0 Å². The number of methoxy groups -OCH3 is 1. The second-order valence-corrected chi connectivity index (χ2v) is 8.71. The summed E-state index contributed by atoms with van der Waals surface area (Å²) in [4.78, 5) is 26.3. The highest BCUT2D eigenvalue weighted by Crippen LogP contribution is 2.35. The molecule has 0 atom stereocenters. The van der Waals surface area contributed by atoms with E-state index < -0.39 is 11.9 Å². The van der Waals surface area contributed by atoms with Crippen LogP contribution in [0.15, 0.2) is 18.5 Å². The number of carbonyl (C=O) groups is 1. The Morgan fingerprint density at radius 3 is 2.55 bits per heavy atom. The monoisotopic (exact) mass is 437 g/mol. The van der Waals surface area contributed by atoms with Crippen LogP contribution in [0.3, 0.4) is 0 Å². The Morgan fingerprint density at radius 2 is 1.97 bits per heavy atom. The van der Waals surface area contributed by atoms with Gasteiger partial charge in [-0.2, -0.15) is 13.2 Å². The minimum atomic E-state index is -4.52. The van der Waals surface area contributed by atoms with Gasteiger partial charge in [0.25, 0.3) is 0 Å². The summed E-state index contributed by atoms with van der Waals surface area (Å²) < 4.78 is 43.6. The first-order valence-electron chi connectivity index (χ1n) is 9.97. The van der Waals surface area contributed by atoms with Gasteiger partial charge in [0.1, 0.15) is 0 Å². The largest absolute Gasteiger partial charge is 0.493 e. The van der Waals surface area contributed by atoms with Gasteiger partial charge in [-0.1, -0.05) is 20.8 Å². The molecule has 1 N–H and O–H groups in total. The number of carbonyl (C=O) groups excluding carboxylic acids is 1. The molecule has 0 aromatic carbocycles. The molecule has 1 aliphatic heterocycles. The molecule has 0 unspecified atom stereocenters. The molecular weight excluding hydrogens is 411 g/mol. The number of anilines is 2. The number of alkyl halides is 3. The Morgan fingerprint density at radius 1 is 1.23 bits per heavy atom. The summed E-state index contributed by atoms with van der Waals surface area (Å²) in [6.45, 7) is 6.92. The number of nitrogens with zero attached hydrogens (tertiary/aromatic N) is 4. The molecule has 0 bridgehead atoms. The zero-order valence-corrected chi connectivity index (χ0v) is 18.0. The van der Waals surface area contributed by atoms with E-state index in [4.69, 9.17) is 4.74 Å². The zero-order chi connectivity index (χ0) is 22.8. The molecule has 0 radical (unpaired) electrons. The molecule has 168 valence electrons. The molecule has 0 aliphatic carbocycles. The van der Waals surface area contributed by atoms with Crippen LogP contribution < -0.4 is 15.0 Å². The summed E-state index contributed by atoms with van der Waals surface area (Å²) >= 11 is 0. The van der Waals surface area contributed by atoms with Gasteiger partial charge in [0.2, 0.25) is 5.91 Å². The maximum Gasteiger partial charge on any atom is 0.434 e. The SMILES string of the molecule is COc1cc2c(nc1NC(=O)CC(C)(C)C)CCCN2Cc1cnc(C(F)(F)F)cn1. The second kappa shape index (κ2) is 8.68. The third kappa shape index (κ3) is 5.83. The number of hydrogen-bond donors (Lipinski definition) is 1. The number of aromatic nitrogens is 3. The molecule has 2 aromatic heterocycles. The van der Waals surface area contributed by atoms with E-state index in [1.807, 2.05) is 25.7 Å². The maximum atomic E-state index is 12.7. The lowest BCUT2D eigenvalue weighted by Crippen LogP contribution is -2.30. The van der Waals surface area contributed by atoms with E-state index in [2.05, 4.69) is 20.3 Å². The van der Waals surface area contributed by atoms with Crippen LogP contribution in [0.4, 0.5) is 24.7 Å². The van der Waals surface area contributed by atoms with Crippen molar-refractivity contribution in [1.82, 2.24) is 15.0 Å². The fourth-order valence-corrected chi connectivity index (χ4v) is 3.38. The first kappa shape index (κ1) is 22.8. The van der Waals surface area contributed by atoms with E-state index in [-0.39, 0.29) is 11.3 Å². The van der Waals surface area contributed by atoms with E-state index in [1.165, 1.54) is 7.11 Å². The van der Waals surface area contributed by atoms with Gasteiger partial charge in [0.15, 0.2) is 17.3 Å². The lowest BCUT2D eigenvalue weighted by Gasteiger charge is -2.31. The molecule has 3 heterocycles. The number of hydrogen-bond acceptors (Lipinski definition) is 6. The van der Waals surface area contributed by atoms with Crippen LogP contribution in [-0.4, -0.2) is 34.5 Å². The van der Waals surface area contributed by atoms with Crippen LogP contribution in [0.1, 0.15) is 50.7 Å². The number of amides is 1. The molecule has 0 spiro atoms. The van der Waals surface area contributed by atoms with Crippen LogP contribution >= 0.6 is 0 Å². The number of aryl methyl sites for hydroxylation is 1. The molecule has 0 saturated heterocycles. The van der Waals surface area contributed by atoms with Crippen LogP contribution in [0.5, 0.6) is 5.75 Å². The first-order valence-corrected chi connectivity index (χ1v) is 9.97. The van der Waals surface area contributed by atoms with E-state index in [1.54, 1.807) is 6.07 Å². The van der Waals surface area contributed by atoms with Crippen molar-refractivity contribution >= 4 is 17.4 Å². The lowest BCUT2D eigenvalue weighted by molar-refractivity contribution is -0.141. The predicted octanol–water partition coefficient (Wildman–Crippen LogP) is 4.23. The van der Waals surface area contributed by atoms with Gasteiger partial charge in [-0.3, -0.25) is 9.78 Å². The second-order valence-electron chi connectivity index (χ2n) is 8.71. The number of nitrogens with one attached hydrogen (secondary N) is 1. The maximum absolute atomic E-state index is 12.7. The summed E-state index contributed by atoms with van der Waals surface area (Å²) in [5.41, 5.74) is 0.832. The normalized spacial score (nSPS) is 14.2. The van der Waals surface area contributed by atoms with Crippen molar-refractivity contribution in [3.8, 4) is 5.75 Å². The van der Waals surface area contributed by atoms with Crippen LogP contribution in [0.2, 0.25) is 0 Å². The summed E-state index contributed by atoms with van der Waals surface area (Å²) in [7, 11) is 1.50. The smallest absolute Gasteiger partial charge is 0.434 e. The highest BCUT2D eigenvalue weighted by atomic mass is 19.4. The Balaban J connectivity index is 1.82. The molecule has 0 saturated carbocycles. The molecule has 31 heavy (non-hydrogen) atoms. The topological polar surface area (TPSA) is 80.2 Å². The van der Waals surface area contributed by atoms with Gasteiger partial charge in [-0.25, -0.2) is 9.97 Å². The third-order valence-corrected chi connectivity index (χ3v) is 4.74. The summed E-state index contributed by atoms with van der Waals surface area (Å²) in [5, 5.41) is 2.83. The highest BCUT2D eigenvalue weighted by molar-refractivity contribution is 5.92. The average molecular weight is 437 g/mol. The minimum Gasteiger partial charge on any atom is -0.493 e. The lowest BCUT2D eigenvalue weighted by atomic mass is 9.92. The predicted molar refractivity (Wildman–Crippen MR) is 110 cm³/mol. The summed E-state index contributed by atoms with van der Waals surface area (Å²) in [5.74, 6) is 0.643. The fourth-order valence-electron chi connectivity index (χ4n) is 3.38. The highest BCUT2D eigenvalue weighted by Gasteiger charge is 2.33. The molecule has 7 nitrogen and oxygen atoms in total. The Labute approximate surface area is 179 Å². The average Bonchev–Trinajstić information content (AvgIpc) is 2.66. The van der Waals surface area contributed by atoms with Gasteiger partial charge in [-0.05, 0) is 18.3 Å². The Hall–Kier alpha value is -2.91. The standard InChI is InChI=1S/C21H26F3N5O2/c1-20(2,3)9-18(30)28-19-16(31-4)8-15-14(27-19)6-5-7-29(15)12-13-10-26-17(11-25-13)21(22,23)24/h8,10-11H,5-7,9,12H2,1-4H3,(H,27,28,30). The van der Waals surface area contributed by atoms with Crippen molar-refractivity contribution in [2.45, 2.75) is 52.8 Å². The van der Waals surface area contributed by atoms with E-state index >= 15 is 0 Å². The van der Waals surface area contributed by atoms with Crippen molar-refractivity contribution in [1.29, 1.82) is 0 Å². The third-order valence-electron chi connectivity index (χ3n) is 4.74. The number of ether oxygens (including phenoxy) is 1. The molecule has 10 heteroatoms. The van der Waals surface area contributed by atoms with Crippen molar-refractivity contribution < 1.29 is 22.7 Å². The number of rotatable bonds is 5. The number of halogens is 3. The quantitative estimate of drug-likeness (QED) is 0.754. The summed E-state index contributed by atoms with van der Waals surface area (Å²) in [6, 6.07) is 1.80. The van der Waals surface area contributed by atoms with Crippen LogP contribution in [0.25, 0.3) is 0 Å². The Bertz CT molecular complexity index is 940. The summed E-state index contributed by atoms with van der Waals surface area (Å²) in [6.07, 6.45) is -0.760. The zero-order valence-electron chi connectivity index (χ0n) is 18.0. The van der Waals surface area contributed by atoms with Gasteiger partial charge >= 0.3 is 6.18 Å². The van der Waals surface area contributed by atoms with Crippen molar-refractivity contribution in [2.24, 2.45) is 5.41 Å². The first-order chi connectivity index (χ1) is 14.5.